The van der Waals surface area contributed by atoms with Crippen molar-refractivity contribution in [1.82, 2.24) is 4.98 Å². The predicted octanol–water partition coefficient (Wildman–Crippen LogP) is 5.43. The lowest BCUT2D eigenvalue weighted by molar-refractivity contribution is -0.137. The number of benzene rings is 1. The summed E-state index contributed by atoms with van der Waals surface area (Å²) in [5.41, 5.74) is 0.618. The van der Waals surface area contributed by atoms with E-state index in [1.807, 2.05) is 30.3 Å². The fraction of sp³-hybridized carbons (Fsp3) is 0.214. The van der Waals surface area contributed by atoms with Gasteiger partial charge in [-0.15, -0.1) is 0 Å². The van der Waals surface area contributed by atoms with E-state index in [1.165, 1.54) is 0 Å². The third-order valence-electron chi connectivity index (χ3n) is 2.78. The molecule has 0 N–H and O–H groups in total. The van der Waals surface area contributed by atoms with Crippen LogP contribution in [0.2, 0.25) is 5.02 Å². The molecule has 1 unspecified atom stereocenters. The number of pyridine rings is 1. The lowest BCUT2D eigenvalue weighted by Crippen LogP contribution is -2.07. The second-order valence-corrected chi connectivity index (χ2v) is 5.75. The molecule has 0 saturated carbocycles. The Morgan fingerprint density at radius 1 is 1.20 bits per heavy atom. The SMILES string of the molecule is FC(F)(F)c1cnc(CC(Br)c2ccccc2)c(Cl)c1. The van der Waals surface area contributed by atoms with E-state index in [-0.39, 0.29) is 9.85 Å². The monoisotopic (exact) mass is 363 g/mol. The lowest BCUT2D eigenvalue weighted by Gasteiger charge is -2.12. The van der Waals surface area contributed by atoms with Crippen LogP contribution in [0.3, 0.4) is 0 Å². The zero-order valence-corrected chi connectivity index (χ0v) is 12.5. The lowest BCUT2D eigenvalue weighted by atomic mass is 10.1. The highest BCUT2D eigenvalue weighted by Crippen LogP contribution is 2.33. The zero-order valence-electron chi connectivity index (χ0n) is 10.2. The van der Waals surface area contributed by atoms with E-state index in [4.69, 9.17) is 11.6 Å². The molecule has 0 aliphatic rings. The maximum absolute atomic E-state index is 12.5. The molecule has 0 bridgehead atoms. The molecule has 1 heterocycles. The summed E-state index contributed by atoms with van der Waals surface area (Å²) in [4.78, 5) is 3.78. The van der Waals surface area contributed by atoms with Gasteiger partial charge in [-0.2, -0.15) is 13.2 Å². The van der Waals surface area contributed by atoms with Crippen LogP contribution in [0.15, 0.2) is 42.6 Å². The van der Waals surface area contributed by atoms with Crippen LogP contribution >= 0.6 is 27.5 Å². The first-order chi connectivity index (χ1) is 9.38. The summed E-state index contributed by atoms with van der Waals surface area (Å²) >= 11 is 9.38. The molecule has 0 aliphatic heterocycles. The minimum Gasteiger partial charge on any atom is -0.259 e. The summed E-state index contributed by atoms with van der Waals surface area (Å²) in [5, 5.41) is 0.0280. The standard InChI is InChI=1S/C14H10BrClF3N/c15-11(9-4-2-1-3-5-9)7-13-12(16)6-10(8-20-13)14(17,18)19/h1-6,8,11H,7H2. The summed E-state index contributed by atoms with van der Waals surface area (Å²) in [6, 6.07) is 10.5. The molecule has 0 spiro atoms. The molecular weight excluding hydrogens is 355 g/mol. The normalized spacial score (nSPS) is 13.2. The molecule has 0 saturated heterocycles. The molecule has 1 aromatic carbocycles. The van der Waals surface area contributed by atoms with Crippen LogP contribution in [0, 0.1) is 0 Å². The summed E-state index contributed by atoms with van der Waals surface area (Å²) in [6.45, 7) is 0. The first kappa shape index (κ1) is 15.3. The van der Waals surface area contributed by atoms with Crippen LogP contribution in [0.25, 0.3) is 0 Å². The molecule has 1 aromatic heterocycles. The fourth-order valence-corrected chi connectivity index (χ4v) is 2.58. The molecule has 1 nitrogen and oxygen atoms in total. The van der Waals surface area contributed by atoms with Gasteiger partial charge in [0.1, 0.15) is 0 Å². The van der Waals surface area contributed by atoms with Crippen LogP contribution in [0.1, 0.15) is 21.6 Å². The molecule has 6 heteroatoms. The van der Waals surface area contributed by atoms with Crippen molar-refractivity contribution >= 4 is 27.5 Å². The van der Waals surface area contributed by atoms with E-state index >= 15 is 0 Å². The summed E-state index contributed by atoms with van der Waals surface area (Å²) in [7, 11) is 0. The summed E-state index contributed by atoms with van der Waals surface area (Å²) < 4.78 is 37.6. The molecule has 0 amide bonds. The molecular formula is C14H10BrClF3N. The number of aromatic nitrogens is 1. The summed E-state index contributed by atoms with van der Waals surface area (Å²) in [5.74, 6) is 0. The molecule has 0 aliphatic carbocycles. The van der Waals surface area contributed by atoms with Crippen molar-refractivity contribution < 1.29 is 13.2 Å². The van der Waals surface area contributed by atoms with Crippen molar-refractivity contribution in [2.24, 2.45) is 0 Å². The third-order valence-corrected chi connectivity index (χ3v) is 3.96. The minimum absolute atomic E-state index is 0.0280. The van der Waals surface area contributed by atoms with Crippen LogP contribution in [-0.4, -0.2) is 4.98 Å². The number of rotatable bonds is 3. The van der Waals surface area contributed by atoms with Gasteiger partial charge in [-0.1, -0.05) is 57.9 Å². The van der Waals surface area contributed by atoms with Crippen molar-refractivity contribution in [2.75, 3.05) is 0 Å². The van der Waals surface area contributed by atoms with E-state index in [0.717, 1.165) is 17.8 Å². The van der Waals surface area contributed by atoms with Gasteiger partial charge >= 0.3 is 6.18 Å². The quantitative estimate of drug-likeness (QED) is 0.662. The molecule has 0 radical (unpaired) electrons. The molecule has 2 rings (SSSR count). The average molecular weight is 365 g/mol. The van der Waals surface area contributed by atoms with E-state index in [9.17, 15) is 13.2 Å². The average Bonchev–Trinajstić information content (AvgIpc) is 2.41. The molecule has 106 valence electrons. The highest BCUT2D eigenvalue weighted by atomic mass is 79.9. The van der Waals surface area contributed by atoms with E-state index in [1.54, 1.807) is 0 Å². The number of hydrogen-bond donors (Lipinski definition) is 0. The topological polar surface area (TPSA) is 12.9 Å². The number of halogens is 5. The number of hydrogen-bond acceptors (Lipinski definition) is 1. The van der Waals surface area contributed by atoms with Crippen molar-refractivity contribution in [1.29, 1.82) is 0 Å². The Balaban J connectivity index is 2.18. The number of nitrogens with zero attached hydrogens (tertiary/aromatic N) is 1. The van der Waals surface area contributed by atoms with Gasteiger partial charge in [0.15, 0.2) is 0 Å². The summed E-state index contributed by atoms with van der Waals surface area (Å²) in [6.07, 6.45) is -3.20. The maximum atomic E-state index is 12.5. The largest absolute Gasteiger partial charge is 0.417 e. The first-order valence-corrected chi connectivity index (χ1v) is 7.08. The first-order valence-electron chi connectivity index (χ1n) is 5.78. The van der Waals surface area contributed by atoms with Crippen LogP contribution in [0.5, 0.6) is 0 Å². The second-order valence-electron chi connectivity index (χ2n) is 4.23. The fourth-order valence-electron chi connectivity index (χ4n) is 1.72. The minimum atomic E-state index is -4.43. The molecule has 2 aromatic rings. The van der Waals surface area contributed by atoms with Gasteiger partial charge in [0.05, 0.1) is 16.3 Å². The Morgan fingerprint density at radius 3 is 2.40 bits per heavy atom. The zero-order chi connectivity index (χ0) is 14.8. The van der Waals surface area contributed by atoms with Crippen LogP contribution in [-0.2, 0) is 12.6 Å². The van der Waals surface area contributed by atoms with Crippen LogP contribution in [0.4, 0.5) is 13.2 Å². The van der Waals surface area contributed by atoms with Gasteiger partial charge < -0.3 is 0 Å². The van der Waals surface area contributed by atoms with Gasteiger partial charge in [0.25, 0.3) is 0 Å². The van der Waals surface area contributed by atoms with Gasteiger partial charge in [0.2, 0.25) is 0 Å². The van der Waals surface area contributed by atoms with Gasteiger partial charge in [-0.3, -0.25) is 4.98 Å². The van der Waals surface area contributed by atoms with Crippen molar-refractivity contribution in [3.8, 4) is 0 Å². The van der Waals surface area contributed by atoms with E-state index in [2.05, 4.69) is 20.9 Å². The van der Waals surface area contributed by atoms with Crippen molar-refractivity contribution in [2.45, 2.75) is 17.4 Å². The van der Waals surface area contributed by atoms with E-state index in [0.29, 0.717) is 12.1 Å². The van der Waals surface area contributed by atoms with Gasteiger partial charge in [-0.05, 0) is 11.6 Å². The van der Waals surface area contributed by atoms with E-state index < -0.39 is 11.7 Å². The Bertz CT molecular complexity index is 587. The van der Waals surface area contributed by atoms with Gasteiger partial charge in [-0.25, -0.2) is 0 Å². The molecule has 0 fully saturated rings. The maximum Gasteiger partial charge on any atom is 0.417 e. The molecule has 1 atom stereocenters. The smallest absolute Gasteiger partial charge is 0.259 e. The Morgan fingerprint density at radius 2 is 1.85 bits per heavy atom. The Kier molecular flexibility index (Phi) is 4.70. The highest BCUT2D eigenvalue weighted by molar-refractivity contribution is 9.09. The third kappa shape index (κ3) is 3.73. The van der Waals surface area contributed by atoms with Crippen molar-refractivity contribution in [3.05, 3.63) is 64.4 Å². The Hall–Kier alpha value is -1.07. The van der Waals surface area contributed by atoms with Crippen LogP contribution < -0.4 is 0 Å². The van der Waals surface area contributed by atoms with Crippen molar-refractivity contribution in [3.63, 3.8) is 0 Å². The highest BCUT2D eigenvalue weighted by Gasteiger charge is 2.31. The second kappa shape index (κ2) is 6.14. The van der Waals surface area contributed by atoms with Gasteiger partial charge in [0, 0.05) is 17.4 Å². The number of alkyl halides is 4. The molecule has 20 heavy (non-hydrogen) atoms. The predicted molar refractivity (Wildman–Crippen MR) is 76.1 cm³/mol. The Labute approximate surface area is 127 Å².